The fraction of sp³-hybridized carbons (Fsp3) is 0.167. The van der Waals surface area contributed by atoms with E-state index in [4.69, 9.17) is 0 Å². The Hall–Kier alpha value is -2.89. The summed E-state index contributed by atoms with van der Waals surface area (Å²) in [4.78, 5) is 0.235. The third-order valence-electron chi connectivity index (χ3n) is 5.47. The zero-order valence-corrected chi connectivity index (χ0v) is 17.0. The van der Waals surface area contributed by atoms with Crippen molar-refractivity contribution >= 4 is 21.3 Å². The van der Waals surface area contributed by atoms with Gasteiger partial charge in [-0.3, -0.25) is 4.31 Å². The Morgan fingerprint density at radius 1 is 0.966 bits per heavy atom. The highest BCUT2D eigenvalue weighted by molar-refractivity contribution is 7.92. The Morgan fingerprint density at radius 3 is 2.28 bits per heavy atom. The molecule has 0 fully saturated rings. The first-order chi connectivity index (χ1) is 13.9. The number of hydrogen-bond donors (Lipinski definition) is 1. The van der Waals surface area contributed by atoms with Gasteiger partial charge in [-0.25, -0.2) is 8.42 Å². The van der Waals surface area contributed by atoms with E-state index in [-0.39, 0.29) is 11.4 Å². The summed E-state index contributed by atoms with van der Waals surface area (Å²) in [7, 11) is -3.78. The Bertz CT molecular complexity index is 1140. The van der Waals surface area contributed by atoms with Crippen molar-refractivity contribution < 1.29 is 13.5 Å². The SMILES string of the molecule is C=C(c1ccccc1)[C@@H]1CN(S(=O)(=O)c2ccc(C)cc2)c2ccccc2[C@@H]1O. The van der Waals surface area contributed by atoms with E-state index in [9.17, 15) is 13.5 Å². The molecule has 4 nitrogen and oxygen atoms in total. The standard InChI is InChI=1S/C24H23NO3S/c1-17-12-14-20(15-13-17)29(27,28)25-16-22(18(2)19-8-4-3-5-9-19)24(26)21-10-6-7-11-23(21)25/h3-15,22,24,26H,2,16H2,1H3/t22-,24-/m0/s1. The number of fused-ring (bicyclic) bond motifs is 1. The van der Waals surface area contributed by atoms with Crippen LogP contribution in [0.5, 0.6) is 0 Å². The summed E-state index contributed by atoms with van der Waals surface area (Å²) in [6, 6.07) is 23.5. The zero-order valence-electron chi connectivity index (χ0n) is 16.2. The summed E-state index contributed by atoms with van der Waals surface area (Å²) in [5, 5.41) is 11.1. The van der Waals surface area contributed by atoms with Crippen molar-refractivity contribution in [2.75, 3.05) is 10.8 Å². The topological polar surface area (TPSA) is 57.6 Å². The first kappa shape index (κ1) is 19.4. The van der Waals surface area contributed by atoms with E-state index in [1.165, 1.54) is 4.31 Å². The van der Waals surface area contributed by atoms with Gasteiger partial charge >= 0.3 is 0 Å². The molecular formula is C24H23NO3S. The first-order valence-corrected chi connectivity index (χ1v) is 10.9. The molecule has 3 aromatic rings. The van der Waals surface area contributed by atoms with E-state index in [2.05, 4.69) is 6.58 Å². The number of rotatable bonds is 4. The molecule has 2 atom stereocenters. The highest BCUT2D eigenvalue weighted by Gasteiger charge is 2.39. The van der Waals surface area contributed by atoms with E-state index in [1.807, 2.05) is 43.3 Å². The smallest absolute Gasteiger partial charge is 0.264 e. The van der Waals surface area contributed by atoms with Gasteiger partial charge in [-0.15, -0.1) is 0 Å². The molecule has 0 saturated carbocycles. The summed E-state index contributed by atoms with van der Waals surface area (Å²) in [6.07, 6.45) is -0.830. The van der Waals surface area contributed by atoms with E-state index >= 15 is 0 Å². The zero-order chi connectivity index (χ0) is 20.6. The van der Waals surface area contributed by atoms with Gasteiger partial charge in [0.05, 0.1) is 16.7 Å². The first-order valence-electron chi connectivity index (χ1n) is 9.50. The maximum Gasteiger partial charge on any atom is 0.264 e. The summed E-state index contributed by atoms with van der Waals surface area (Å²) in [5.41, 5.74) is 3.71. The van der Waals surface area contributed by atoms with Crippen LogP contribution in [0.15, 0.2) is 90.3 Å². The molecule has 0 spiro atoms. The lowest BCUT2D eigenvalue weighted by molar-refractivity contribution is 0.135. The number of aryl methyl sites for hydroxylation is 1. The van der Waals surface area contributed by atoms with Crippen LogP contribution in [0.2, 0.25) is 0 Å². The minimum Gasteiger partial charge on any atom is -0.388 e. The summed E-state index contributed by atoms with van der Waals surface area (Å²) in [5.74, 6) is -0.451. The Labute approximate surface area is 171 Å². The summed E-state index contributed by atoms with van der Waals surface area (Å²) >= 11 is 0. The van der Waals surface area contributed by atoms with Crippen LogP contribution in [0.4, 0.5) is 5.69 Å². The largest absolute Gasteiger partial charge is 0.388 e. The second-order valence-electron chi connectivity index (χ2n) is 7.35. The van der Waals surface area contributed by atoms with Gasteiger partial charge < -0.3 is 5.11 Å². The lowest BCUT2D eigenvalue weighted by Gasteiger charge is -2.39. The van der Waals surface area contributed by atoms with Crippen LogP contribution < -0.4 is 4.31 Å². The number of nitrogens with zero attached hydrogens (tertiary/aromatic N) is 1. The van der Waals surface area contributed by atoms with E-state index in [0.29, 0.717) is 11.3 Å². The van der Waals surface area contributed by atoms with Crippen LogP contribution in [-0.2, 0) is 10.0 Å². The average molecular weight is 406 g/mol. The normalized spacial score (nSPS) is 18.9. The highest BCUT2D eigenvalue weighted by atomic mass is 32.2. The molecule has 0 aliphatic carbocycles. The number of benzene rings is 3. The van der Waals surface area contributed by atoms with Crippen molar-refractivity contribution in [3.05, 3.63) is 102 Å². The molecule has 0 aromatic heterocycles. The molecule has 5 heteroatoms. The quantitative estimate of drug-likeness (QED) is 0.692. The Balaban J connectivity index is 1.80. The predicted octanol–water partition coefficient (Wildman–Crippen LogP) is 4.57. The fourth-order valence-corrected chi connectivity index (χ4v) is 5.31. The molecule has 148 valence electrons. The molecule has 0 amide bonds. The highest BCUT2D eigenvalue weighted by Crippen LogP contribution is 2.44. The third kappa shape index (κ3) is 3.48. The van der Waals surface area contributed by atoms with Gasteiger partial charge in [0, 0.05) is 18.0 Å². The Kier molecular flexibility index (Phi) is 5.03. The lowest BCUT2D eigenvalue weighted by Crippen LogP contribution is -2.42. The molecule has 3 aromatic carbocycles. The summed E-state index contributed by atoms with van der Waals surface area (Å²) in [6.45, 7) is 6.24. The number of para-hydroxylation sites is 1. The van der Waals surface area contributed by atoms with Crippen LogP contribution >= 0.6 is 0 Å². The molecule has 1 N–H and O–H groups in total. The molecule has 4 rings (SSSR count). The number of aliphatic hydroxyl groups excluding tert-OH is 1. The van der Waals surface area contributed by atoms with Gasteiger partial charge in [-0.05, 0) is 36.3 Å². The Morgan fingerprint density at radius 2 is 1.59 bits per heavy atom. The molecule has 1 aliphatic heterocycles. The van der Waals surface area contributed by atoms with Gasteiger partial charge in [-0.2, -0.15) is 0 Å². The van der Waals surface area contributed by atoms with E-state index in [1.54, 1.807) is 42.5 Å². The van der Waals surface area contributed by atoms with Gasteiger partial charge in [0.2, 0.25) is 0 Å². The van der Waals surface area contributed by atoms with Crippen LogP contribution in [0.1, 0.15) is 22.8 Å². The van der Waals surface area contributed by atoms with E-state index < -0.39 is 22.0 Å². The third-order valence-corrected chi connectivity index (χ3v) is 7.26. The van der Waals surface area contributed by atoms with Crippen molar-refractivity contribution in [2.24, 2.45) is 5.92 Å². The second kappa shape index (κ2) is 7.50. The average Bonchev–Trinajstić information content (AvgIpc) is 2.74. The van der Waals surface area contributed by atoms with Crippen molar-refractivity contribution in [1.82, 2.24) is 0 Å². The number of hydrogen-bond acceptors (Lipinski definition) is 3. The summed E-state index contributed by atoms with van der Waals surface area (Å²) < 4.78 is 28.4. The molecule has 1 heterocycles. The van der Waals surface area contributed by atoms with Gasteiger partial charge in [0.25, 0.3) is 10.0 Å². The monoisotopic (exact) mass is 405 g/mol. The molecule has 29 heavy (non-hydrogen) atoms. The van der Waals surface area contributed by atoms with Crippen molar-refractivity contribution in [3.63, 3.8) is 0 Å². The van der Waals surface area contributed by atoms with E-state index in [0.717, 1.165) is 16.7 Å². The molecule has 0 saturated heterocycles. The number of aliphatic hydroxyl groups is 1. The molecule has 1 aliphatic rings. The number of sulfonamides is 1. The van der Waals surface area contributed by atoms with Crippen LogP contribution in [0.3, 0.4) is 0 Å². The van der Waals surface area contributed by atoms with Crippen molar-refractivity contribution in [3.8, 4) is 0 Å². The maximum absolute atomic E-state index is 13.5. The second-order valence-corrected chi connectivity index (χ2v) is 9.21. The van der Waals surface area contributed by atoms with Crippen molar-refractivity contribution in [2.45, 2.75) is 17.9 Å². The van der Waals surface area contributed by atoms with Crippen LogP contribution in [-0.4, -0.2) is 20.1 Å². The lowest BCUT2D eigenvalue weighted by atomic mass is 9.83. The van der Waals surface area contributed by atoms with Gasteiger partial charge in [0.1, 0.15) is 0 Å². The molecule has 0 radical (unpaired) electrons. The minimum atomic E-state index is -3.78. The fourth-order valence-electron chi connectivity index (χ4n) is 3.79. The maximum atomic E-state index is 13.5. The van der Waals surface area contributed by atoms with Gasteiger partial charge in [-0.1, -0.05) is 72.8 Å². The van der Waals surface area contributed by atoms with Crippen LogP contribution in [0, 0.1) is 12.8 Å². The molecule has 0 bridgehead atoms. The minimum absolute atomic E-state index is 0.127. The van der Waals surface area contributed by atoms with Crippen molar-refractivity contribution in [1.29, 1.82) is 0 Å². The molecular weight excluding hydrogens is 382 g/mol. The molecule has 0 unspecified atom stereocenters. The number of anilines is 1. The van der Waals surface area contributed by atoms with Crippen LogP contribution in [0.25, 0.3) is 5.57 Å². The van der Waals surface area contributed by atoms with Gasteiger partial charge in [0.15, 0.2) is 0 Å². The predicted molar refractivity (Wildman–Crippen MR) is 116 cm³/mol.